The number of carbonyl (C=O) groups is 4. The Hall–Kier alpha value is -4.50. The first-order chi connectivity index (χ1) is 20.7. The number of hydrogen-bond acceptors (Lipinski definition) is 6. The highest BCUT2D eigenvalue weighted by molar-refractivity contribution is 6.01. The maximum Gasteiger partial charge on any atom is 0.407 e. The smallest absolute Gasteiger partial charge is 0.407 e. The van der Waals surface area contributed by atoms with Gasteiger partial charge in [0.1, 0.15) is 18.7 Å². The maximum atomic E-state index is 14.1. The van der Waals surface area contributed by atoms with E-state index in [2.05, 4.69) is 22.8 Å². The average molecular weight is 584 g/mol. The van der Waals surface area contributed by atoms with E-state index in [-0.39, 0.29) is 31.3 Å². The summed E-state index contributed by atoms with van der Waals surface area (Å²) in [6.45, 7) is 5.36. The van der Waals surface area contributed by atoms with Gasteiger partial charge in [-0.1, -0.05) is 92.7 Å². The molecular formula is C34H37N3O6. The summed E-state index contributed by atoms with van der Waals surface area (Å²) < 4.78 is 5.74. The third-order valence-corrected chi connectivity index (χ3v) is 8.35. The lowest BCUT2D eigenvalue weighted by Crippen LogP contribution is -2.56. The van der Waals surface area contributed by atoms with Crippen molar-refractivity contribution in [2.75, 3.05) is 6.61 Å². The van der Waals surface area contributed by atoms with Crippen molar-refractivity contribution in [3.63, 3.8) is 0 Å². The molecule has 9 nitrogen and oxygen atoms in total. The van der Waals surface area contributed by atoms with Crippen LogP contribution in [0.15, 0.2) is 78.9 Å². The molecule has 0 aromatic heterocycles. The molecule has 5 rings (SSSR count). The van der Waals surface area contributed by atoms with Gasteiger partial charge in [0.2, 0.25) is 5.91 Å². The Morgan fingerprint density at radius 3 is 2.07 bits per heavy atom. The van der Waals surface area contributed by atoms with E-state index < -0.39 is 48.0 Å². The molecule has 0 radical (unpaired) electrons. The molecular weight excluding hydrogens is 546 g/mol. The average Bonchev–Trinajstić information content (AvgIpc) is 3.49. The Kier molecular flexibility index (Phi) is 8.92. The fourth-order valence-corrected chi connectivity index (χ4v) is 6.34. The van der Waals surface area contributed by atoms with Crippen LogP contribution >= 0.6 is 0 Å². The summed E-state index contributed by atoms with van der Waals surface area (Å²) in [5.74, 6) is -2.30. The standard InChI is InChI=1S/C34H37N3O6/c1-20(2)31-28(35-21(3)33(40)41)18-30(38)37(31)32(39)29(17-22-11-5-4-6-12-22)36-34(42)43-19-27-25-15-9-7-13-23(25)24-14-8-10-16-26(24)27/h4-16,20-21,27-29,31,35H,17-19H2,1-3H3,(H,36,42)(H,40,41)/t21-,28-,29-,31-/m0/s1. The van der Waals surface area contributed by atoms with Crippen LogP contribution < -0.4 is 10.6 Å². The van der Waals surface area contributed by atoms with Crippen molar-refractivity contribution in [2.45, 2.75) is 63.7 Å². The van der Waals surface area contributed by atoms with Crippen LogP contribution in [-0.2, 0) is 25.5 Å². The van der Waals surface area contributed by atoms with E-state index in [0.29, 0.717) is 0 Å². The number of aliphatic carboxylic acids is 1. The SMILES string of the molecule is CC(C)[C@H]1[C@@H](N[C@@H](C)C(=O)O)CC(=O)N1C(=O)[C@H](Cc1ccccc1)NC(=O)OCC1c2ccccc2-c2ccccc21. The monoisotopic (exact) mass is 583 g/mol. The van der Waals surface area contributed by atoms with Gasteiger partial charge in [-0.25, -0.2) is 4.79 Å². The molecule has 3 N–H and O–H groups in total. The second-order valence-corrected chi connectivity index (χ2v) is 11.6. The summed E-state index contributed by atoms with van der Waals surface area (Å²) in [7, 11) is 0. The number of imide groups is 1. The zero-order chi connectivity index (χ0) is 30.7. The van der Waals surface area contributed by atoms with Crippen molar-refractivity contribution in [1.29, 1.82) is 0 Å². The molecule has 3 amide bonds. The molecule has 0 spiro atoms. The molecule has 0 saturated carbocycles. The number of nitrogens with one attached hydrogen (secondary N) is 2. The van der Waals surface area contributed by atoms with E-state index in [4.69, 9.17) is 4.74 Å². The minimum atomic E-state index is -1.07. The predicted octanol–water partition coefficient (Wildman–Crippen LogP) is 4.35. The fourth-order valence-electron chi connectivity index (χ4n) is 6.34. The Labute approximate surface area is 251 Å². The maximum absolute atomic E-state index is 14.1. The van der Waals surface area contributed by atoms with E-state index in [0.717, 1.165) is 27.8 Å². The van der Waals surface area contributed by atoms with Crippen LogP contribution in [0.1, 0.15) is 49.8 Å². The van der Waals surface area contributed by atoms with Gasteiger partial charge in [-0.2, -0.15) is 0 Å². The number of benzene rings is 3. The van der Waals surface area contributed by atoms with Crippen molar-refractivity contribution in [3.05, 3.63) is 95.6 Å². The molecule has 1 aliphatic heterocycles. The van der Waals surface area contributed by atoms with Gasteiger partial charge in [-0.3, -0.25) is 24.6 Å². The molecule has 1 heterocycles. The number of amides is 3. The van der Waals surface area contributed by atoms with Crippen molar-refractivity contribution in [1.82, 2.24) is 15.5 Å². The van der Waals surface area contributed by atoms with Gasteiger partial charge in [-0.15, -0.1) is 0 Å². The molecule has 1 aliphatic carbocycles. The third kappa shape index (κ3) is 6.32. The van der Waals surface area contributed by atoms with Gasteiger partial charge in [0.25, 0.3) is 5.91 Å². The molecule has 9 heteroatoms. The van der Waals surface area contributed by atoms with Crippen LogP contribution in [0, 0.1) is 5.92 Å². The Morgan fingerprint density at radius 1 is 0.907 bits per heavy atom. The zero-order valence-corrected chi connectivity index (χ0v) is 24.5. The van der Waals surface area contributed by atoms with Crippen LogP contribution in [0.4, 0.5) is 4.79 Å². The normalized spacial score (nSPS) is 19.1. The predicted molar refractivity (Wildman–Crippen MR) is 161 cm³/mol. The first-order valence-corrected chi connectivity index (χ1v) is 14.7. The van der Waals surface area contributed by atoms with E-state index in [1.807, 2.05) is 80.6 Å². The zero-order valence-electron chi connectivity index (χ0n) is 24.5. The van der Waals surface area contributed by atoms with E-state index >= 15 is 0 Å². The summed E-state index contributed by atoms with van der Waals surface area (Å²) in [6, 6.07) is 22.2. The summed E-state index contributed by atoms with van der Waals surface area (Å²) in [4.78, 5) is 53.3. The molecule has 1 saturated heterocycles. The molecule has 0 unspecified atom stereocenters. The minimum Gasteiger partial charge on any atom is -0.480 e. The highest BCUT2D eigenvalue weighted by Crippen LogP contribution is 2.44. The number of fused-ring (bicyclic) bond motifs is 3. The van der Waals surface area contributed by atoms with Crippen molar-refractivity contribution in [2.24, 2.45) is 5.92 Å². The first-order valence-electron chi connectivity index (χ1n) is 14.7. The lowest BCUT2D eigenvalue weighted by atomic mass is 9.95. The van der Waals surface area contributed by atoms with Gasteiger partial charge < -0.3 is 15.2 Å². The molecule has 4 atom stereocenters. The first kappa shape index (κ1) is 30.0. The lowest BCUT2D eigenvalue weighted by Gasteiger charge is -2.33. The van der Waals surface area contributed by atoms with Crippen LogP contribution in [0.5, 0.6) is 0 Å². The molecule has 3 aromatic carbocycles. The Morgan fingerprint density at radius 2 is 1.49 bits per heavy atom. The number of rotatable bonds is 10. The molecule has 0 bridgehead atoms. The molecule has 43 heavy (non-hydrogen) atoms. The number of nitrogens with zero attached hydrogens (tertiary/aromatic N) is 1. The minimum absolute atomic E-state index is 0.0186. The molecule has 2 aliphatic rings. The summed E-state index contributed by atoms with van der Waals surface area (Å²) in [5.41, 5.74) is 5.17. The fraction of sp³-hybridized carbons (Fsp3) is 0.353. The topological polar surface area (TPSA) is 125 Å². The highest BCUT2D eigenvalue weighted by atomic mass is 16.5. The summed E-state index contributed by atoms with van der Waals surface area (Å²) in [5, 5.41) is 15.2. The number of hydrogen-bond donors (Lipinski definition) is 3. The van der Waals surface area contributed by atoms with Crippen LogP contribution in [0.25, 0.3) is 11.1 Å². The van der Waals surface area contributed by atoms with Crippen molar-refractivity contribution >= 4 is 23.9 Å². The van der Waals surface area contributed by atoms with E-state index in [1.54, 1.807) is 0 Å². The molecule has 1 fully saturated rings. The number of carboxylic acid groups (broad SMARTS) is 1. The molecule has 224 valence electrons. The van der Waals surface area contributed by atoms with Crippen LogP contribution in [0.3, 0.4) is 0 Å². The Bertz CT molecular complexity index is 1460. The quantitative estimate of drug-likeness (QED) is 0.324. The van der Waals surface area contributed by atoms with Gasteiger partial charge in [0.15, 0.2) is 0 Å². The van der Waals surface area contributed by atoms with E-state index in [1.165, 1.54) is 11.8 Å². The van der Waals surface area contributed by atoms with E-state index in [9.17, 15) is 24.3 Å². The van der Waals surface area contributed by atoms with Crippen LogP contribution in [-0.4, -0.2) is 64.7 Å². The van der Waals surface area contributed by atoms with Gasteiger partial charge in [-0.05, 0) is 40.7 Å². The number of carboxylic acids is 1. The second kappa shape index (κ2) is 12.8. The number of carbonyl (C=O) groups excluding carboxylic acids is 3. The van der Waals surface area contributed by atoms with Gasteiger partial charge >= 0.3 is 12.1 Å². The van der Waals surface area contributed by atoms with Crippen molar-refractivity contribution < 1.29 is 29.0 Å². The highest BCUT2D eigenvalue weighted by Gasteiger charge is 2.47. The third-order valence-electron chi connectivity index (χ3n) is 8.35. The second-order valence-electron chi connectivity index (χ2n) is 11.6. The molecule has 3 aromatic rings. The van der Waals surface area contributed by atoms with Gasteiger partial charge in [0.05, 0.1) is 6.04 Å². The van der Waals surface area contributed by atoms with Crippen LogP contribution in [0.2, 0.25) is 0 Å². The number of alkyl carbamates (subject to hydrolysis) is 1. The lowest BCUT2D eigenvalue weighted by molar-refractivity contribution is -0.146. The van der Waals surface area contributed by atoms with Crippen molar-refractivity contribution in [3.8, 4) is 11.1 Å². The summed E-state index contributed by atoms with van der Waals surface area (Å²) >= 11 is 0. The summed E-state index contributed by atoms with van der Waals surface area (Å²) in [6.07, 6.45) is -0.616. The number of likely N-dealkylation sites (tertiary alicyclic amines) is 1. The largest absolute Gasteiger partial charge is 0.480 e. The number of ether oxygens (including phenoxy) is 1. The Balaban J connectivity index is 1.35. The van der Waals surface area contributed by atoms with Gasteiger partial charge in [0, 0.05) is 24.8 Å².